The number of hydrogen-bond acceptors (Lipinski definition) is 3. The number of aryl methyl sites for hydroxylation is 1. The molecule has 100 valence electrons. The maximum absolute atomic E-state index is 12.9. The monoisotopic (exact) mass is 276 g/mol. The molecule has 1 aromatic carbocycles. The van der Waals surface area contributed by atoms with E-state index in [1.807, 2.05) is 6.92 Å². The lowest BCUT2D eigenvalue weighted by atomic mass is 10.2. The number of halogens is 2. The average molecular weight is 276 g/mol. The molecule has 1 aliphatic carbocycles. The van der Waals surface area contributed by atoms with E-state index in [2.05, 4.69) is 0 Å². The molecule has 0 N–H and O–H groups in total. The Bertz CT molecular complexity index is 551. The van der Waals surface area contributed by atoms with Crippen molar-refractivity contribution in [3.63, 3.8) is 0 Å². The van der Waals surface area contributed by atoms with Gasteiger partial charge in [0.2, 0.25) is 0 Å². The molecule has 1 aromatic rings. The molecule has 2 rings (SSSR count). The average Bonchev–Trinajstić information content (AvgIpc) is 2.77. The predicted molar refractivity (Wildman–Crippen MR) is 62.0 cm³/mol. The summed E-state index contributed by atoms with van der Waals surface area (Å²) in [5.74, 6) is -2.82. The van der Waals surface area contributed by atoms with Crippen molar-refractivity contribution in [3.05, 3.63) is 29.8 Å². The molecule has 0 spiro atoms. The van der Waals surface area contributed by atoms with Crippen LogP contribution in [0.1, 0.15) is 18.9 Å². The predicted octanol–water partition coefficient (Wildman–Crippen LogP) is 2.75. The SMILES string of the molecule is Cc1ccc(S(=O)(=O)OCC2(C)CC2(F)F)cc1. The van der Waals surface area contributed by atoms with Crippen LogP contribution in [0.3, 0.4) is 0 Å². The van der Waals surface area contributed by atoms with Crippen LogP contribution in [0.4, 0.5) is 8.78 Å². The fourth-order valence-corrected chi connectivity index (χ4v) is 2.60. The third-order valence-corrected chi connectivity index (χ3v) is 4.49. The van der Waals surface area contributed by atoms with Crippen LogP contribution in [-0.4, -0.2) is 20.9 Å². The van der Waals surface area contributed by atoms with Gasteiger partial charge in [-0.1, -0.05) is 24.6 Å². The highest BCUT2D eigenvalue weighted by atomic mass is 32.2. The summed E-state index contributed by atoms with van der Waals surface area (Å²) < 4.78 is 54.1. The van der Waals surface area contributed by atoms with Gasteiger partial charge in [0.05, 0.1) is 16.9 Å². The van der Waals surface area contributed by atoms with Gasteiger partial charge in [0.1, 0.15) is 0 Å². The van der Waals surface area contributed by atoms with E-state index >= 15 is 0 Å². The first kappa shape index (κ1) is 13.4. The Morgan fingerprint density at radius 3 is 2.22 bits per heavy atom. The van der Waals surface area contributed by atoms with Gasteiger partial charge in [0.25, 0.3) is 16.0 Å². The van der Waals surface area contributed by atoms with Gasteiger partial charge < -0.3 is 0 Å². The highest BCUT2D eigenvalue weighted by Crippen LogP contribution is 2.60. The Morgan fingerprint density at radius 2 is 1.78 bits per heavy atom. The third kappa shape index (κ3) is 2.40. The van der Waals surface area contributed by atoms with E-state index in [1.165, 1.54) is 19.1 Å². The Hall–Kier alpha value is -1.01. The van der Waals surface area contributed by atoms with Gasteiger partial charge in [-0.2, -0.15) is 8.42 Å². The van der Waals surface area contributed by atoms with Crippen molar-refractivity contribution >= 4 is 10.1 Å². The van der Waals surface area contributed by atoms with Crippen LogP contribution in [0.2, 0.25) is 0 Å². The molecular weight excluding hydrogens is 262 g/mol. The summed E-state index contributed by atoms with van der Waals surface area (Å²) in [6, 6.07) is 6.06. The summed E-state index contributed by atoms with van der Waals surface area (Å²) in [5.41, 5.74) is -0.445. The molecule has 18 heavy (non-hydrogen) atoms. The van der Waals surface area contributed by atoms with Crippen molar-refractivity contribution in [3.8, 4) is 0 Å². The molecule has 0 aromatic heterocycles. The van der Waals surface area contributed by atoms with Crippen molar-refractivity contribution < 1.29 is 21.4 Å². The minimum atomic E-state index is -3.95. The Labute approximate surface area is 105 Å². The number of alkyl halides is 2. The van der Waals surface area contributed by atoms with E-state index < -0.39 is 28.1 Å². The van der Waals surface area contributed by atoms with Gasteiger partial charge in [-0.25, -0.2) is 8.78 Å². The lowest BCUT2D eigenvalue weighted by molar-refractivity contribution is 0.0512. The quantitative estimate of drug-likeness (QED) is 0.794. The maximum atomic E-state index is 12.9. The molecule has 0 aliphatic heterocycles. The summed E-state index contributed by atoms with van der Waals surface area (Å²) in [6.45, 7) is 2.65. The van der Waals surface area contributed by atoms with Crippen LogP contribution in [0.5, 0.6) is 0 Å². The van der Waals surface area contributed by atoms with Crippen LogP contribution in [0, 0.1) is 12.3 Å². The molecule has 1 saturated carbocycles. The highest BCUT2D eigenvalue weighted by Gasteiger charge is 2.68. The van der Waals surface area contributed by atoms with Gasteiger partial charge >= 0.3 is 0 Å². The topological polar surface area (TPSA) is 43.4 Å². The van der Waals surface area contributed by atoms with Crippen molar-refractivity contribution in [2.75, 3.05) is 6.61 Å². The van der Waals surface area contributed by atoms with E-state index in [0.29, 0.717) is 0 Å². The van der Waals surface area contributed by atoms with E-state index in [4.69, 9.17) is 4.18 Å². The summed E-state index contributed by atoms with van der Waals surface area (Å²) >= 11 is 0. The zero-order chi connectivity index (χ0) is 13.6. The second kappa shape index (κ2) is 3.99. The van der Waals surface area contributed by atoms with Gasteiger partial charge in [-0.05, 0) is 19.1 Å². The fourth-order valence-electron chi connectivity index (χ4n) is 1.58. The molecule has 0 bridgehead atoms. The van der Waals surface area contributed by atoms with Gasteiger partial charge in [-0.15, -0.1) is 0 Å². The van der Waals surface area contributed by atoms with Crippen LogP contribution >= 0.6 is 0 Å². The second-order valence-corrected chi connectivity index (χ2v) is 6.59. The van der Waals surface area contributed by atoms with E-state index in [9.17, 15) is 17.2 Å². The molecule has 0 saturated heterocycles. The molecule has 3 nitrogen and oxygen atoms in total. The summed E-state index contributed by atoms with van der Waals surface area (Å²) in [5, 5.41) is 0. The zero-order valence-electron chi connectivity index (χ0n) is 10.1. The summed E-state index contributed by atoms with van der Waals surface area (Å²) in [6.07, 6.45) is -0.330. The van der Waals surface area contributed by atoms with Crippen molar-refractivity contribution in [1.82, 2.24) is 0 Å². The van der Waals surface area contributed by atoms with Crippen molar-refractivity contribution in [2.45, 2.75) is 31.1 Å². The molecule has 1 unspecified atom stereocenters. The first-order valence-electron chi connectivity index (χ1n) is 5.50. The summed E-state index contributed by atoms with van der Waals surface area (Å²) in [4.78, 5) is -0.0133. The van der Waals surface area contributed by atoms with Gasteiger partial charge in [0.15, 0.2) is 0 Å². The van der Waals surface area contributed by atoms with E-state index in [0.717, 1.165) is 5.56 Å². The number of rotatable bonds is 4. The maximum Gasteiger partial charge on any atom is 0.296 e. The molecule has 1 fully saturated rings. The van der Waals surface area contributed by atoms with Crippen molar-refractivity contribution in [1.29, 1.82) is 0 Å². The first-order chi connectivity index (χ1) is 8.16. The Morgan fingerprint density at radius 1 is 1.28 bits per heavy atom. The van der Waals surface area contributed by atoms with Crippen LogP contribution in [-0.2, 0) is 14.3 Å². The minimum Gasteiger partial charge on any atom is -0.266 e. The highest BCUT2D eigenvalue weighted by molar-refractivity contribution is 7.86. The molecular formula is C12H14F2O3S. The smallest absolute Gasteiger partial charge is 0.266 e. The van der Waals surface area contributed by atoms with Gasteiger partial charge in [0, 0.05) is 6.42 Å². The normalized spacial score (nSPS) is 26.0. The molecule has 0 amide bonds. The second-order valence-electron chi connectivity index (χ2n) is 4.97. The lowest BCUT2D eigenvalue weighted by Gasteiger charge is -2.11. The Kier molecular flexibility index (Phi) is 2.98. The Balaban J connectivity index is 2.07. The summed E-state index contributed by atoms with van der Waals surface area (Å²) in [7, 11) is -3.95. The van der Waals surface area contributed by atoms with Crippen LogP contribution in [0.15, 0.2) is 29.2 Å². The zero-order valence-corrected chi connectivity index (χ0v) is 10.9. The van der Waals surface area contributed by atoms with Crippen LogP contribution < -0.4 is 0 Å². The molecule has 0 radical (unpaired) electrons. The lowest BCUT2D eigenvalue weighted by Crippen LogP contribution is -2.18. The number of hydrogen-bond donors (Lipinski definition) is 0. The molecule has 6 heteroatoms. The number of benzene rings is 1. The van der Waals surface area contributed by atoms with E-state index in [1.54, 1.807) is 12.1 Å². The largest absolute Gasteiger partial charge is 0.296 e. The van der Waals surface area contributed by atoms with Crippen LogP contribution in [0.25, 0.3) is 0 Å². The van der Waals surface area contributed by atoms with Crippen molar-refractivity contribution in [2.24, 2.45) is 5.41 Å². The molecule has 1 atom stereocenters. The standard InChI is InChI=1S/C12H14F2O3S/c1-9-3-5-10(6-4-9)18(15,16)17-8-11(2)7-12(11,13)14/h3-6H,7-8H2,1-2H3. The minimum absolute atomic E-state index is 0.0133. The van der Waals surface area contributed by atoms with E-state index in [-0.39, 0.29) is 11.3 Å². The molecule has 0 heterocycles. The van der Waals surface area contributed by atoms with Gasteiger partial charge in [-0.3, -0.25) is 4.18 Å². The molecule has 1 aliphatic rings. The third-order valence-electron chi connectivity index (χ3n) is 3.21. The fraction of sp³-hybridized carbons (Fsp3) is 0.500. The first-order valence-corrected chi connectivity index (χ1v) is 6.91.